The summed E-state index contributed by atoms with van der Waals surface area (Å²) < 4.78 is 36.1. The number of nitrogens with one attached hydrogen (secondary N) is 2. The first-order valence-corrected chi connectivity index (χ1v) is 10.5. The normalized spacial score (nSPS) is 11.3. The second-order valence-corrected chi connectivity index (χ2v) is 8.66. The molecule has 0 fully saturated rings. The monoisotopic (exact) mass is 452 g/mol. The summed E-state index contributed by atoms with van der Waals surface area (Å²) in [6, 6.07) is 7.87. The van der Waals surface area contributed by atoms with Crippen molar-refractivity contribution in [2.45, 2.75) is 4.90 Å². The van der Waals surface area contributed by atoms with E-state index in [-0.39, 0.29) is 27.6 Å². The van der Waals surface area contributed by atoms with Crippen LogP contribution >= 0.6 is 0 Å². The summed E-state index contributed by atoms with van der Waals surface area (Å²) in [5, 5.41) is 16.7. The molecule has 168 valence electrons. The van der Waals surface area contributed by atoms with Gasteiger partial charge in [-0.15, -0.1) is 0 Å². The number of carbonyl (C=O) groups excluding carboxylic acids is 1. The van der Waals surface area contributed by atoms with Crippen molar-refractivity contribution in [3.63, 3.8) is 0 Å². The maximum absolute atomic E-state index is 13.0. The summed E-state index contributed by atoms with van der Waals surface area (Å²) in [5.74, 6) is -0.452. The summed E-state index contributed by atoms with van der Waals surface area (Å²) in [6.45, 7) is 0.727. The van der Waals surface area contributed by atoms with E-state index in [1.54, 1.807) is 0 Å². The van der Waals surface area contributed by atoms with Crippen LogP contribution in [-0.4, -0.2) is 65.0 Å². The van der Waals surface area contributed by atoms with Crippen LogP contribution in [0.4, 0.5) is 17.1 Å². The van der Waals surface area contributed by atoms with Crippen molar-refractivity contribution in [3.05, 3.63) is 52.1 Å². The highest BCUT2D eigenvalue weighted by Crippen LogP contribution is 2.30. The minimum Gasteiger partial charge on any atom is -0.495 e. The lowest BCUT2D eigenvalue weighted by Gasteiger charge is -2.16. The van der Waals surface area contributed by atoms with E-state index in [0.717, 1.165) is 10.4 Å². The van der Waals surface area contributed by atoms with Crippen LogP contribution in [-0.2, 0) is 14.8 Å². The highest BCUT2D eigenvalue weighted by Gasteiger charge is 2.22. The Morgan fingerprint density at radius 1 is 1.13 bits per heavy atom. The number of ether oxygens (including phenoxy) is 2. The molecule has 2 N–H and O–H groups in total. The highest BCUT2D eigenvalue weighted by molar-refractivity contribution is 7.89. The standard InChI is InChI=1S/C19H24N4O7S/c1-22(2)31(27,28)14-6-8-18(30-4)17(12-14)21-19(24)15-11-13(23(25)26)5-7-16(15)20-9-10-29-3/h5-8,11-12,20H,9-10H2,1-4H3,(H,21,24). The molecule has 2 aromatic carbocycles. The number of anilines is 2. The number of hydrogen-bond donors (Lipinski definition) is 2. The number of nitrogens with zero attached hydrogens (tertiary/aromatic N) is 2. The van der Waals surface area contributed by atoms with E-state index in [2.05, 4.69) is 10.6 Å². The zero-order chi connectivity index (χ0) is 23.2. The van der Waals surface area contributed by atoms with E-state index in [9.17, 15) is 23.3 Å². The fourth-order valence-electron chi connectivity index (χ4n) is 2.62. The molecule has 0 saturated heterocycles. The summed E-state index contributed by atoms with van der Waals surface area (Å²) in [4.78, 5) is 23.5. The van der Waals surface area contributed by atoms with Gasteiger partial charge in [-0.2, -0.15) is 0 Å². The molecule has 0 bridgehead atoms. The Balaban J connectivity index is 2.46. The molecule has 0 radical (unpaired) electrons. The molecule has 2 aromatic rings. The van der Waals surface area contributed by atoms with Gasteiger partial charge in [0.05, 0.1) is 34.8 Å². The lowest BCUT2D eigenvalue weighted by atomic mass is 10.1. The van der Waals surface area contributed by atoms with Crippen LogP contribution in [0.2, 0.25) is 0 Å². The second-order valence-electron chi connectivity index (χ2n) is 6.51. The molecule has 0 heterocycles. The van der Waals surface area contributed by atoms with Crippen molar-refractivity contribution in [1.29, 1.82) is 0 Å². The van der Waals surface area contributed by atoms with Gasteiger partial charge < -0.3 is 20.1 Å². The van der Waals surface area contributed by atoms with Gasteiger partial charge in [0.1, 0.15) is 5.75 Å². The number of hydrogen-bond acceptors (Lipinski definition) is 8. The zero-order valence-electron chi connectivity index (χ0n) is 17.5. The zero-order valence-corrected chi connectivity index (χ0v) is 18.4. The van der Waals surface area contributed by atoms with Crippen molar-refractivity contribution in [3.8, 4) is 5.75 Å². The van der Waals surface area contributed by atoms with Crippen LogP contribution in [0.15, 0.2) is 41.3 Å². The first kappa shape index (κ1) is 24.1. The number of amides is 1. The molecule has 0 aliphatic heterocycles. The molecule has 11 nitrogen and oxygen atoms in total. The second kappa shape index (κ2) is 10.2. The maximum atomic E-state index is 13.0. The summed E-state index contributed by atoms with van der Waals surface area (Å²) in [5.41, 5.74) is 0.201. The first-order valence-electron chi connectivity index (χ1n) is 9.05. The molecular formula is C19H24N4O7S. The summed E-state index contributed by atoms with van der Waals surface area (Å²) in [7, 11) is 1.91. The molecule has 0 aromatic heterocycles. The van der Waals surface area contributed by atoms with Crippen LogP contribution in [0.5, 0.6) is 5.75 Å². The minimum absolute atomic E-state index is 0.00762. The number of benzene rings is 2. The highest BCUT2D eigenvalue weighted by atomic mass is 32.2. The topological polar surface area (TPSA) is 140 Å². The number of methoxy groups -OCH3 is 2. The third kappa shape index (κ3) is 5.69. The van der Waals surface area contributed by atoms with E-state index in [1.165, 1.54) is 58.6 Å². The van der Waals surface area contributed by atoms with Gasteiger partial charge in [0.2, 0.25) is 10.0 Å². The smallest absolute Gasteiger partial charge is 0.270 e. The van der Waals surface area contributed by atoms with Crippen molar-refractivity contribution >= 4 is 33.0 Å². The number of sulfonamides is 1. The molecule has 31 heavy (non-hydrogen) atoms. The van der Waals surface area contributed by atoms with Crippen LogP contribution in [0.1, 0.15) is 10.4 Å². The number of non-ortho nitro benzene ring substituents is 1. The first-order chi connectivity index (χ1) is 14.6. The Labute approximate surface area is 180 Å². The van der Waals surface area contributed by atoms with Gasteiger partial charge in [-0.05, 0) is 24.3 Å². The van der Waals surface area contributed by atoms with E-state index < -0.39 is 20.9 Å². The molecule has 0 atom stereocenters. The largest absolute Gasteiger partial charge is 0.495 e. The summed E-state index contributed by atoms with van der Waals surface area (Å²) >= 11 is 0. The average molecular weight is 452 g/mol. The number of rotatable bonds is 10. The Kier molecular flexibility index (Phi) is 7.91. The van der Waals surface area contributed by atoms with Gasteiger partial charge in [0.15, 0.2) is 0 Å². The molecule has 0 spiro atoms. The fourth-order valence-corrected chi connectivity index (χ4v) is 3.55. The van der Waals surface area contributed by atoms with Crippen LogP contribution in [0.25, 0.3) is 0 Å². The van der Waals surface area contributed by atoms with Crippen molar-refractivity contribution in [2.75, 3.05) is 52.1 Å². The van der Waals surface area contributed by atoms with Crippen LogP contribution in [0.3, 0.4) is 0 Å². The average Bonchev–Trinajstić information content (AvgIpc) is 2.73. The predicted octanol–water partition coefficient (Wildman–Crippen LogP) is 2.16. The van der Waals surface area contributed by atoms with Crippen LogP contribution in [0, 0.1) is 10.1 Å². The van der Waals surface area contributed by atoms with Crippen molar-refractivity contribution in [1.82, 2.24) is 4.31 Å². The molecule has 0 aliphatic carbocycles. The number of nitro benzene ring substituents is 1. The Hall–Kier alpha value is -3.22. The summed E-state index contributed by atoms with van der Waals surface area (Å²) in [6.07, 6.45) is 0. The van der Waals surface area contributed by atoms with Crippen LogP contribution < -0.4 is 15.4 Å². The Morgan fingerprint density at radius 2 is 1.84 bits per heavy atom. The third-order valence-electron chi connectivity index (χ3n) is 4.28. The van der Waals surface area contributed by atoms with Gasteiger partial charge >= 0.3 is 0 Å². The van der Waals surface area contributed by atoms with Gasteiger partial charge in [0, 0.05) is 45.6 Å². The maximum Gasteiger partial charge on any atom is 0.270 e. The molecule has 0 unspecified atom stereocenters. The molecule has 1 amide bonds. The Morgan fingerprint density at radius 3 is 2.42 bits per heavy atom. The third-order valence-corrected chi connectivity index (χ3v) is 6.09. The van der Waals surface area contributed by atoms with Gasteiger partial charge in [0.25, 0.3) is 11.6 Å². The molecule has 0 aliphatic rings. The number of nitro groups is 1. The quantitative estimate of drug-likeness (QED) is 0.317. The van der Waals surface area contributed by atoms with Crippen molar-refractivity contribution in [2.24, 2.45) is 0 Å². The van der Waals surface area contributed by atoms with Crippen molar-refractivity contribution < 1.29 is 27.6 Å². The predicted molar refractivity (Wildman–Crippen MR) is 115 cm³/mol. The van der Waals surface area contributed by atoms with Gasteiger partial charge in [-0.3, -0.25) is 14.9 Å². The lowest BCUT2D eigenvalue weighted by molar-refractivity contribution is -0.384. The molecular weight excluding hydrogens is 428 g/mol. The lowest BCUT2D eigenvalue weighted by Crippen LogP contribution is -2.22. The van der Waals surface area contributed by atoms with E-state index in [0.29, 0.717) is 18.8 Å². The Bertz CT molecular complexity index is 1070. The minimum atomic E-state index is -3.75. The van der Waals surface area contributed by atoms with E-state index in [1.807, 2.05) is 0 Å². The molecule has 12 heteroatoms. The number of carbonyl (C=O) groups is 1. The molecule has 0 saturated carbocycles. The SMILES string of the molecule is COCCNc1ccc([N+](=O)[O-])cc1C(=O)Nc1cc(S(=O)(=O)N(C)C)ccc1OC. The van der Waals surface area contributed by atoms with Gasteiger partial charge in [-0.1, -0.05) is 0 Å². The van der Waals surface area contributed by atoms with E-state index >= 15 is 0 Å². The fraction of sp³-hybridized carbons (Fsp3) is 0.316. The van der Waals surface area contributed by atoms with E-state index in [4.69, 9.17) is 9.47 Å². The molecule has 2 rings (SSSR count). The van der Waals surface area contributed by atoms with Gasteiger partial charge in [-0.25, -0.2) is 12.7 Å².